The Balaban J connectivity index is 1.27. The number of aromatic amines is 1. The molecule has 1 spiro atoms. The summed E-state index contributed by atoms with van der Waals surface area (Å²) in [4.78, 5) is 29.0. The van der Waals surface area contributed by atoms with Gasteiger partial charge in [-0.25, -0.2) is 9.59 Å². The van der Waals surface area contributed by atoms with E-state index in [0.717, 1.165) is 36.1 Å². The molecular weight excluding hydrogens is 392 g/mol. The molecule has 0 unspecified atom stereocenters. The summed E-state index contributed by atoms with van der Waals surface area (Å²) in [6, 6.07) is 6.24. The third-order valence-electron chi connectivity index (χ3n) is 7.19. The van der Waals surface area contributed by atoms with Gasteiger partial charge in [0.25, 0.3) is 0 Å². The maximum atomic E-state index is 12.4. The Labute approximate surface area is 184 Å². The molecule has 31 heavy (non-hydrogen) atoms. The third kappa shape index (κ3) is 4.46. The lowest BCUT2D eigenvalue weighted by atomic mass is 9.55. The van der Waals surface area contributed by atoms with Crippen molar-refractivity contribution in [3.8, 4) is 0 Å². The van der Waals surface area contributed by atoms with E-state index in [-0.39, 0.29) is 17.8 Å². The van der Waals surface area contributed by atoms with E-state index in [9.17, 15) is 9.59 Å². The lowest BCUT2D eigenvalue weighted by molar-refractivity contribution is -0.0161. The number of fused-ring (bicyclic) bond motifs is 1. The van der Waals surface area contributed by atoms with E-state index in [1.54, 1.807) is 16.5 Å². The van der Waals surface area contributed by atoms with Crippen LogP contribution < -0.4 is 11.0 Å². The van der Waals surface area contributed by atoms with Crippen LogP contribution in [0.3, 0.4) is 0 Å². The quantitative estimate of drug-likeness (QED) is 0.752. The van der Waals surface area contributed by atoms with Crippen LogP contribution in [0, 0.1) is 11.3 Å². The summed E-state index contributed by atoms with van der Waals surface area (Å²) in [6.45, 7) is 6.66. The van der Waals surface area contributed by atoms with Gasteiger partial charge in [-0.15, -0.1) is 0 Å². The van der Waals surface area contributed by atoms with E-state index in [1.165, 1.54) is 25.7 Å². The van der Waals surface area contributed by atoms with Crippen LogP contribution in [0.5, 0.6) is 0 Å². The van der Waals surface area contributed by atoms with Crippen LogP contribution >= 0.6 is 0 Å². The molecule has 2 aliphatic rings. The average molecular weight is 429 g/mol. The molecule has 1 aromatic heterocycles. The Hall–Kier alpha value is -2.44. The fraction of sp³-hybridized carbons (Fsp3) is 0.667. The van der Waals surface area contributed by atoms with Gasteiger partial charge in [0.1, 0.15) is 5.60 Å². The SMILES string of the molecule is Cn1c(=O)[nH]c2cccc(NC[C@H]3CC4(CC[C@H](N(C)C(=O)OC(C)(C)C)CC4)C3)c21. The van der Waals surface area contributed by atoms with Gasteiger partial charge in [0, 0.05) is 26.7 Å². The van der Waals surface area contributed by atoms with Crippen molar-refractivity contribution in [2.24, 2.45) is 18.4 Å². The molecule has 4 rings (SSSR count). The maximum Gasteiger partial charge on any atom is 0.410 e. The Morgan fingerprint density at radius 1 is 1.29 bits per heavy atom. The van der Waals surface area contributed by atoms with Crippen molar-refractivity contribution in [2.45, 2.75) is 70.9 Å². The minimum Gasteiger partial charge on any atom is -0.444 e. The molecule has 2 aromatic rings. The van der Waals surface area contributed by atoms with Gasteiger partial charge in [-0.3, -0.25) is 4.57 Å². The van der Waals surface area contributed by atoms with Gasteiger partial charge < -0.3 is 19.9 Å². The van der Waals surface area contributed by atoms with E-state index in [1.807, 2.05) is 46.0 Å². The van der Waals surface area contributed by atoms with Crippen LogP contribution in [0.25, 0.3) is 11.0 Å². The second-order valence-electron chi connectivity index (χ2n) is 10.7. The number of para-hydroxylation sites is 1. The molecule has 2 N–H and O–H groups in total. The zero-order valence-corrected chi connectivity index (χ0v) is 19.5. The lowest BCUT2D eigenvalue weighted by Crippen LogP contribution is -2.48. The Bertz CT molecular complexity index is 1000. The van der Waals surface area contributed by atoms with Gasteiger partial charge in [0.15, 0.2) is 0 Å². The minimum absolute atomic E-state index is 0.0834. The van der Waals surface area contributed by atoms with E-state index < -0.39 is 5.60 Å². The van der Waals surface area contributed by atoms with Crippen LogP contribution in [0.2, 0.25) is 0 Å². The van der Waals surface area contributed by atoms with Crippen LogP contribution in [-0.2, 0) is 11.8 Å². The Kier molecular flexibility index (Phi) is 5.56. The van der Waals surface area contributed by atoms with E-state index >= 15 is 0 Å². The molecule has 7 nitrogen and oxygen atoms in total. The number of H-pyrrole nitrogens is 1. The summed E-state index contributed by atoms with van der Waals surface area (Å²) in [5.41, 5.74) is 2.74. The highest BCUT2D eigenvalue weighted by molar-refractivity contribution is 5.88. The number of ether oxygens (including phenoxy) is 1. The first-order valence-electron chi connectivity index (χ1n) is 11.4. The second kappa shape index (κ2) is 7.92. The van der Waals surface area contributed by atoms with Crippen molar-refractivity contribution in [1.82, 2.24) is 14.5 Å². The molecule has 1 aromatic carbocycles. The number of aromatic nitrogens is 2. The van der Waals surface area contributed by atoms with Crippen LogP contribution in [-0.4, -0.2) is 45.8 Å². The highest BCUT2D eigenvalue weighted by Gasteiger charge is 2.46. The van der Waals surface area contributed by atoms with Crippen molar-refractivity contribution in [1.29, 1.82) is 0 Å². The Morgan fingerprint density at radius 3 is 2.61 bits per heavy atom. The third-order valence-corrected chi connectivity index (χ3v) is 7.19. The van der Waals surface area contributed by atoms with Gasteiger partial charge >= 0.3 is 11.8 Å². The fourth-order valence-corrected chi connectivity index (χ4v) is 5.51. The number of aryl methyl sites for hydroxylation is 1. The van der Waals surface area contributed by atoms with Gasteiger partial charge in [-0.2, -0.15) is 0 Å². The number of hydrogen-bond acceptors (Lipinski definition) is 4. The van der Waals surface area contributed by atoms with Gasteiger partial charge in [0.05, 0.1) is 16.7 Å². The number of hydrogen-bond donors (Lipinski definition) is 2. The number of benzene rings is 1. The van der Waals surface area contributed by atoms with Crippen LogP contribution in [0.1, 0.15) is 59.3 Å². The highest BCUT2D eigenvalue weighted by Crippen LogP contribution is 2.55. The van der Waals surface area contributed by atoms with Crippen molar-refractivity contribution in [2.75, 3.05) is 18.9 Å². The number of amides is 1. The zero-order valence-electron chi connectivity index (χ0n) is 19.5. The molecule has 0 saturated heterocycles. The summed E-state index contributed by atoms with van der Waals surface area (Å²) in [5.74, 6) is 0.659. The number of imidazole rings is 1. The number of rotatable bonds is 4. The predicted molar refractivity (Wildman–Crippen MR) is 123 cm³/mol. The normalized spacial score (nSPS) is 26.0. The average Bonchev–Trinajstić information content (AvgIpc) is 2.97. The number of anilines is 1. The molecular formula is C24H36N4O3. The van der Waals surface area contributed by atoms with Crippen molar-refractivity contribution >= 4 is 22.8 Å². The number of nitrogens with zero attached hydrogens (tertiary/aromatic N) is 2. The van der Waals surface area contributed by atoms with E-state index in [4.69, 9.17) is 4.74 Å². The van der Waals surface area contributed by atoms with Crippen LogP contribution in [0.15, 0.2) is 23.0 Å². The Morgan fingerprint density at radius 2 is 1.97 bits per heavy atom. The summed E-state index contributed by atoms with van der Waals surface area (Å²) in [7, 11) is 3.68. The molecule has 2 saturated carbocycles. The first-order valence-corrected chi connectivity index (χ1v) is 11.4. The fourth-order valence-electron chi connectivity index (χ4n) is 5.51. The molecule has 0 radical (unpaired) electrons. The lowest BCUT2D eigenvalue weighted by Gasteiger charge is -2.52. The summed E-state index contributed by atoms with van der Waals surface area (Å²) < 4.78 is 7.20. The molecule has 2 fully saturated rings. The molecule has 1 amide bonds. The topological polar surface area (TPSA) is 79.4 Å². The summed E-state index contributed by atoms with van der Waals surface area (Å²) in [6.07, 6.45) is 6.75. The highest BCUT2D eigenvalue weighted by atomic mass is 16.6. The standard InChI is InChI=1S/C24H36N4O3/c1-23(2,3)31-22(30)27(4)17-9-11-24(12-10-17)13-16(14-24)15-25-18-7-6-8-19-20(18)28(5)21(29)26-19/h6-8,16-17,25H,9-15H2,1-5H3,(H,26,29)/t16-,17-,24?. The van der Waals surface area contributed by atoms with Gasteiger partial charge in [-0.05, 0) is 82.8 Å². The summed E-state index contributed by atoms with van der Waals surface area (Å²) >= 11 is 0. The maximum absolute atomic E-state index is 12.4. The molecule has 0 bridgehead atoms. The molecule has 170 valence electrons. The molecule has 0 atom stereocenters. The monoisotopic (exact) mass is 428 g/mol. The van der Waals surface area contributed by atoms with E-state index in [0.29, 0.717) is 11.3 Å². The minimum atomic E-state index is -0.452. The molecule has 2 aliphatic carbocycles. The van der Waals surface area contributed by atoms with Crippen LogP contribution in [0.4, 0.5) is 10.5 Å². The van der Waals surface area contributed by atoms with Crippen molar-refractivity contribution in [3.05, 3.63) is 28.7 Å². The van der Waals surface area contributed by atoms with Crippen molar-refractivity contribution < 1.29 is 9.53 Å². The largest absolute Gasteiger partial charge is 0.444 e. The molecule has 7 heteroatoms. The molecule has 0 aliphatic heterocycles. The zero-order chi connectivity index (χ0) is 22.4. The van der Waals surface area contributed by atoms with Gasteiger partial charge in [0.2, 0.25) is 0 Å². The smallest absolute Gasteiger partial charge is 0.410 e. The predicted octanol–water partition coefficient (Wildman–Crippen LogP) is 4.48. The first kappa shape index (κ1) is 21.8. The molecule has 1 heterocycles. The number of nitrogens with one attached hydrogen (secondary N) is 2. The summed E-state index contributed by atoms with van der Waals surface area (Å²) in [5, 5.41) is 3.58. The number of carbonyl (C=O) groups excluding carboxylic acids is 1. The number of carbonyl (C=O) groups is 1. The van der Waals surface area contributed by atoms with E-state index in [2.05, 4.69) is 10.3 Å². The van der Waals surface area contributed by atoms with Gasteiger partial charge in [-0.1, -0.05) is 6.07 Å². The van der Waals surface area contributed by atoms with Crippen molar-refractivity contribution in [3.63, 3.8) is 0 Å². The second-order valence-corrected chi connectivity index (χ2v) is 10.7. The first-order chi connectivity index (χ1) is 14.6.